The molecule has 0 aliphatic carbocycles. The van der Waals surface area contributed by atoms with Gasteiger partial charge in [-0.15, -0.1) is 0 Å². The number of carbonyl (C=O) groups is 2. The number of hydrogen-bond acceptors (Lipinski definition) is 3. The number of hydrogen-bond donors (Lipinski definition) is 1. The summed E-state index contributed by atoms with van der Waals surface area (Å²) in [7, 11) is 0. The minimum absolute atomic E-state index is 0.0488. The molecule has 124 valence electrons. The van der Waals surface area contributed by atoms with Crippen molar-refractivity contribution in [3.63, 3.8) is 0 Å². The number of amides is 2. The molecule has 2 aliphatic rings. The fourth-order valence-electron chi connectivity index (χ4n) is 3.21. The first-order valence-corrected chi connectivity index (χ1v) is 7.32. The second-order valence-corrected chi connectivity index (χ2v) is 5.75. The van der Waals surface area contributed by atoms with Crippen LogP contribution in [0.1, 0.15) is 34.9 Å². The molecule has 2 aliphatic heterocycles. The highest BCUT2D eigenvalue weighted by Crippen LogP contribution is 2.34. The maximum Gasteiger partial charge on any atom is 0.408 e. The molecular formula is C15H16F3N3O2. The number of carbonyl (C=O) groups excluding carboxylic acids is 2. The lowest BCUT2D eigenvalue weighted by molar-refractivity contribution is -0.183. The predicted molar refractivity (Wildman–Crippen MR) is 75.2 cm³/mol. The number of alkyl halides is 3. The van der Waals surface area contributed by atoms with Crippen molar-refractivity contribution >= 4 is 11.8 Å². The van der Waals surface area contributed by atoms with E-state index in [9.17, 15) is 22.8 Å². The van der Waals surface area contributed by atoms with E-state index in [0.717, 1.165) is 9.80 Å². The van der Waals surface area contributed by atoms with E-state index >= 15 is 0 Å². The van der Waals surface area contributed by atoms with E-state index in [2.05, 4.69) is 0 Å². The van der Waals surface area contributed by atoms with E-state index in [1.54, 1.807) is 24.3 Å². The van der Waals surface area contributed by atoms with Gasteiger partial charge in [0.2, 0.25) is 5.91 Å². The minimum Gasteiger partial charge on any atom is -0.329 e. The van der Waals surface area contributed by atoms with E-state index in [4.69, 9.17) is 5.73 Å². The third-order valence-corrected chi connectivity index (χ3v) is 4.36. The van der Waals surface area contributed by atoms with Crippen LogP contribution in [0.15, 0.2) is 24.3 Å². The number of nitrogens with zero attached hydrogens (tertiary/aromatic N) is 2. The van der Waals surface area contributed by atoms with Crippen molar-refractivity contribution in [3.8, 4) is 0 Å². The van der Waals surface area contributed by atoms with Gasteiger partial charge in [-0.05, 0) is 18.9 Å². The fourth-order valence-corrected chi connectivity index (χ4v) is 3.21. The average molecular weight is 327 g/mol. The lowest BCUT2D eigenvalue weighted by Gasteiger charge is -2.29. The van der Waals surface area contributed by atoms with Crippen LogP contribution in [0, 0.1) is 0 Å². The molecule has 1 saturated heterocycles. The molecule has 0 aromatic heterocycles. The van der Waals surface area contributed by atoms with Gasteiger partial charge in [-0.3, -0.25) is 9.59 Å². The monoisotopic (exact) mass is 327 g/mol. The van der Waals surface area contributed by atoms with Crippen molar-refractivity contribution in [2.45, 2.75) is 31.2 Å². The summed E-state index contributed by atoms with van der Waals surface area (Å²) in [6.45, 7) is -0.394. The highest BCUT2D eigenvalue weighted by molar-refractivity contribution is 6.01. The molecule has 0 bridgehead atoms. The molecule has 1 fully saturated rings. The first kappa shape index (κ1) is 15.8. The minimum atomic E-state index is -4.45. The zero-order chi connectivity index (χ0) is 16.8. The summed E-state index contributed by atoms with van der Waals surface area (Å²) in [5, 5.41) is 0. The fraction of sp³-hybridized carbons (Fsp3) is 0.467. The van der Waals surface area contributed by atoms with Gasteiger partial charge in [-0.25, -0.2) is 0 Å². The van der Waals surface area contributed by atoms with Gasteiger partial charge in [0.15, 0.2) is 0 Å². The second-order valence-electron chi connectivity index (χ2n) is 5.75. The Balaban J connectivity index is 1.76. The molecule has 2 N–H and O–H groups in total. The van der Waals surface area contributed by atoms with Gasteiger partial charge in [0.1, 0.15) is 18.8 Å². The SMILES string of the molecule is NC1c2ccccc2C(=O)N1CC(=O)N1CCC[C@H]1C(F)(F)F. The van der Waals surface area contributed by atoms with Crippen LogP contribution in [0.3, 0.4) is 0 Å². The number of fused-ring (bicyclic) bond motifs is 1. The molecule has 0 spiro atoms. The van der Waals surface area contributed by atoms with E-state index in [1.807, 2.05) is 0 Å². The molecular weight excluding hydrogens is 311 g/mol. The lowest BCUT2D eigenvalue weighted by atomic mass is 10.1. The number of likely N-dealkylation sites (tertiary alicyclic amines) is 1. The molecule has 3 rings (SSSR count). The van der Waals surface area contributed by atoms with E-state index in [1.165, 1.54) is 0 Å². The summed E-state index contributed by atoms with van der Waals surface area (Å²) in [6, 6.07) is 4.89. The van der Waals surface area contributed by atoms with Crippen LogP contribution in [-0.2, 0) is 4.79 Å². The predicted octanol–water partition coefficient (Wildman–Crippen LogP) is 1.65. The van der Waals surface area contributed by atoms with Gasteiger partial charge in [0.05, 0.1) is 0 Å². The van der Waals surface area contributed by atoms with Gasteiger partial charge in [-0.2, -0.15) is 13.2 Å². The maximum atomic E-state index is 13.0. The van der Waals surface area contributed by atoms with Gasteiger partial charge in [0.25, 0.3) is 5.91 Å². The van der Waals surface area contributed by atoms with Crippen molar-refractivity contribution in [1.82, 2.24) is 9.80 Å². The van der Waals surface area contributed by atoms with Gasteiger partial charge >= 0.3 is 6.18 Å². The Bertz CT molecular complexity index is 647. The molecule has 0 saturated carbocycles. The van der Waals surface area contributed by atoms with Crippen LogP contribution < -0.4 is 5.73 Å². The maximum absolute atomic E-state index is 13.0. The summed E-state index contributed by atoms with van der Waals surface area (Å²) in [5.74, 6) is -1.15. The summed E-state index contributed by atoms with van der Waals surface area (Å²) < 4.78 is 38.9. The van der Waals surface area contributed by atoms with E-state index in [-0.39, 0.29) is 13.0 Å². The Labute approximate surface area is 130 Å². The van der Waals surface area contributed by atoms with Gasteiger partial charge in [-0.1, -0.05) is 18.2 Å². The Kier molecular flexibility index (Phi) is 3.79. The van der Waals surface area contributed by atoms with Crippen molar-refractivity contribution in [3.05, 3.63) is 35.4 Å². The Morgan fingerprint density at radius 1 is 1.30 bits per heavy atom. The summed E-state index contributed by atoms with van der Waals surface area (Å²) in [5.41, 5.74) is 6.93. The summed E-state index contributed by atoms with van der Waals surface area (Å²) >= 11 is 0. The lowest BCUT2D eigenvalue weighted by Crippen LogP contribution is -2.49. The van der Waals surface area contributed by atoms with Gasteiger partial charge in [0, 0.05) is 17.7 Å². The molecule has 8 heteroatoms. The average Bonchev–Trinajstić information content (AvgIpc) is 3.08. The number of rotatable bonds is 2. The van der Waals surface area contributed by atoms with E-state index < -0.39 is 36.7 Å². The third-order valence-electron chi connectivity index (χ3n) is 4.36. The van der Waals surface area contributed by atoms with Crippen LogP contribution in [-0.4, -0.2) is 46.9 Å². The van der Waals surface area contributed by atoms with Crippen molar-refractivity contribution in [1.29, 1.82) is 0 Å². The molecule has 2 atom stereocenters. The Morgan fingerprint density at radius 2 is 2.00 bits per heavy atom. The Hall–Kier alpha value is -2.09. The van der Waals surface area contributed by atoms with Crippen molar-refractivity contribution in [2.75, 3.05) is 13.1 Å². The standard InChI is InChI=1S/C15H16F3N3O2/c16-15(17,18)11-6-3-7-20(11)12(22)8-21-13(19)9-4-1-2-5-10(9)14(21)23/h1-2,4-5,11,13H,3,6-8,19H2/t11-,13?/m0/s1. The molecule has 23 heavy (non-hydrogen) atoms. The zero-order valence-electron chi connectivity index (χ0n) is 12.2. The molecule has 2 heterocycles. The van der Waals surface area contributed by atoms with Crippen LogP contribution in [0.25, 0.3) is 0 Å². The van der Waals surface area contributed by atoms with E-state index in [0.29, 0.717) is 17.5 Å². The molecule has 1 aromatic carbocycles. The number of nitrogens with two attached hydrogens (primary N) is 1. The molecule has 1 unspecified atom stereocenters. The largest absolute Gasteiger partial charge is 0.408 e. The highest BCUT2D eigenvalue weighted by atomic mass is 19.4. The topological polar surface area (TPSA) is 66.6 Å². The van der Waals surface area contributed by atoms with Crippen LogP contribution in [0.4, 0.5) is 13.2 Å². The first-order valence-electron chi connectivity index (χ1n) is 7.32. The number of benzene rings is 1. The third kappa shape index (κ3) is 2.67. The highest BCUT2D eigenvalue weighted by Gasteiger charge is 2.48. The molecule has 0 radical (unpaired) electrons. The van der Waals surface area contributed by atoms with Crippen molar-refractivity contribution < 1.29 is 22.8 Å². The van der Waals surface area contributed by atoms with Crippen molar-refractivity contribution in [2.24, 2.45) is 5.73 Å². The second kappa shape index (κ2) is 5.52. The molecule has 2 amide bonds. The summed E-state index contributed by atoms with van der Waals surface area (Å²) in [4.78, 5) is 26.5. The number of halogens is 3. The first-order chi connectivity index (χ1) is 10.8. The normalized spacial score (nSPS) is 24.3. The Morgan fingerprint density at radius 3 is 2.65 bits per heavy atom. The van der Waals surface area contributed by atoms with Gasteiger partial charge < -0.3 is 15.5 Å². The van der Waals surface area contributed by atoms with Crippen LogP contribution >= 0.6 is 0 Å². The smallest absolute Gasteiger partial charge is 0.329 e. The van der Waals surface area contributed by atoms with Crippen LogP contribution in [0.5, 0.6) is 0 Å². The molecule has 1 aromatic rings. The quantitative estimate of drug-likeness (QED) is 0.898. The molecule has 5 nitrogen and oxygen atoms in total. The summed E-state index contributed by atoms with van der Waals surface area (Å²) in [6.07, 6.45) is -5.06. The van der Waals surface area contributed by atoms with Crippen LogP contribution in [0.2, 0.25) is 0 Å². The zero-order valence-corrected chi connectivity index (χ0v) is 12.2.